The predicted molar refractivity (Wildman–Crippen MR) is 92.3 cm³/mol. The highest BCUT2D eigenvalue weighted by Gasteiger charge is 2.09. The molecule has 1 atom stereocenters. The number of hydrogen-bond acceptors (Lipinski definition) is 4. The average molecular weight is 336 g/mol. The van der Waals surface area contributed by atoms with Gasteiger partial charge in [0, 0.05) is 6.54 Å². The van der Waals surface area contributed by atoms with E-state index in [0.29, 0.717) is 23.1 Å². The number of rotatable bonds is 8. The molecule has 23 heavy (non-hydrogen) atoms. The smallest absolute Gasteiger partial charge is 0.146 e. The fourth-order valence-electron chi connectivity index (χ4n) is 1.95. The molecule has 2 rings (SSSR count). The van der Waals surface area contributed by atoms with Crippen LogP contribution in [-0.4, -0.2) is 43.9 Å². The molecule has 0 saturated carbocycles. The molecule has 0 bridgehead atoms. The minimum atomic E-state index is -0.647. The summed E-state index contributed by atoms with van der Waals surface area (Å²) in [5, 5.41) is 10.7. The lowest BCUT2D eigenvalue weighted by atomic mass is 10.1. The summed E-state index contributed by atoms with van der Waals surface area (Å²) in [6.07, 6.45) is -0.647. The Balaban J connectivity index is 1.87. The molecule has 0 aromatic heterocycles. The SMILES string of the molecule is CN(C)CCOCC(O)c1ccc(Oc2ccccc2Cl)cc1. The van der Waals surface area contributed by atoms with Crippen molar-refractivity contribution < 1.29 is 14.6 Å². The Hall–Kier alpha value is -1.59. The maximum absolute atomic E-state index is 10.1. The predicted octanol–water partition coefficient (Wildman–Crippen LogP) is 3.74. The molecule has 0 radical (unpaired) electrons. The number of hydrogen-bond donors (Lipinski definition) is 1. The monoisotopic (exact) mass is 335 g/mol. The molecule has 2 aromatic carbocycles. The second kappa shape index (κ2) is 8.89. The first-order chi connectivity index (χ1) is 11.1. The van der Waals surface area contributed by atoms with Crippen LogP contribution in [0.3, 0.4) is 0 Å². The number of benzene rings is 2. The van der Waals surface area contributed by atoms with Gasteiger partial charge in [0.2, 0.25) is 0 Å². The number of para-hydroxylation sites is 1. The zero-order valence-electron chi connectivity index (χ0n) is 13.4. The normalized spacial score (nSPS) is 12.4. The van der Waals surface area contributed by atoms with Gasteiger partial charge in [0.15, 0.2) is 0 Å². The van der Waals surface area contributed by atoms with Crippen LogP contribution in [0.5, 0.6) is 11.5 Å². The van der Waals surface area contributed by atoms with Gasteiger partial charge >= 0.3 is 0 Å². The Labute approximate surface area is 142 Å². The van der Waals surface area contributed by atoms with Gasteiger partial charge in [-0.05, 0) is 43.9 Å². The van der Waals surface area contributed by atoms with Gasteiger partial charge in [-0.15, -0.1) is 0 Å². The number of likely N-dealkylation sites (N-methyl/N-ethyl adjacent to an activating group) is 1. The van der Waals surface area contributed by atoms with Gasteiger partial charge in [-0.3, -0.25) is 0 Å². The van der Waals surface area contributed by atoms with Crippen molar-refractivity contribution in [3.05, 3.63) is 59.1 Å². The fraction of sp³-hybridized carbons (Fsp3) is 0.333. The molecule has 5 heteroatoms. The summed E-state index contributed by atoms with van der Waals surface area (Å²) in [7, 11) is 3.97. The second-order valence-electron chi connectivity index (χ2n) is 5.50. The van der Waals surface area contributed by atoms with Gasteiger partial charge in [-0.2, -0.15) is 0 Å². The van der Waals surface area contributed by atoms with Gasteiger partial charge in [0.1, 0.15) is 17.6 Å². The topological polar surface area (TPSA) is 41.9 Å². The standard InChI is InChI=1S/C18H22ClNO3/c1-20(2)11-12-22-13-17(21)14-7-9-15(10-8-14)23-18-6-4-3-5-16(18)19/h3-10,17,21H,11-13H2,1-2H3. The Morgan fingerprint density at radius 3 is 2.43 bits per heavy atom. The third-order valence-corrected chi connectivity index (χ3v) is 3.60. The Bertz CT molecular complexity index is 601. The van der Waals surface area contributed by atoms with E-state index in [1.165, 1.54) is 0 Å². The summed E-state index contributed by atoms with van der Waals surface area (Å²) in [5.74, 6) is 1.28. The molecule has 1 N–H and O–H groups in total. The fourth-order valence-corrected chi connectivity index (χ4v) is 2.13. The first kappa shape index (κ1) is 17.8. The number of ether oxygens (including phenoxy) is 2. The average Bonchev–Trinajstić information content (AvgIpc) is 2.54. The molecule has 0 spiro atoms. The molecule has 0 aliphatic heterocycles. The molecule has 0 heterocycles. The van der Waals surface area contributed by atoms with Gasteiger partial charge < -0.3 is 19.5 Å². The summed E-state index contributed by atoms with van der Waals surface area (Å²) in [6.45, 7) is 1.70. The van der Waals surface area contributed by atoms with Crippen molar-refractivity contribution in [1.82, 2.24) is 4.90 Å². The molecule has 0 amide bonds. The van der Waals surface area contributed by atoms with Gasteiger partial charge in [0.25, 0.3) is 0 Å². The first-order valence-corrected chi connectivity index (χ1v) is 7.87. The molecule has 0 fully saturated rings. The van der Waals surface area contributed by atoms with Gasteiger partial charge in [-0.25, -0.2) is 0 Å². The third-order valence-electron chi connectivity index (χ3n) is 3.29. The molecular formula is C18H22ClNO3. The van der Waals surface area contributed by atoms with Crippen molar-refractivity contribution in [3.8, 4) is 11.5 Å². The summed E-state index contributed by atoms with van der Waals surface area (Å²) in [6, 6.07) is 14.6. The molecule has 0 aliphatic rings. The van der Waals surface area contributed by atoms with Crippen molar-refractivity contribution in [1.29, 1.82) is 0 Å². The van der Waals surface area contributed by atoms with Crippen LogP contribution in [0.25, 0.3) is 0 Å². The highest BCUT2D eigenvalue weighted by molar-refractivity contribution is 6.32. The molecule has 1 unspecified atom stereocenters. The second-order valence-corrected chi connectivity index (χ2v) is 5.90. The van der Waals surface area contributed by atoms with Crippen molar-refractivity contribution in [2.75, 3.05) is 33.9 Å². The van der Waals surface area contributed by atoms with E-state index in [0.717, 1.165) is 12.1 Å². The van der Waals surface area contributed by atoms with E-state index < -0.39 is 6.10 Å². The number of aliphatic hydroxyl groups is 1. The van der Waals surface area contributed by atoms with Crippen LogP contribution in [0.4, 0.5) is 0 Å². The van der Waals surface area contributed by atoms with Crippen LogP contribution in [0, 0.1) is 0 Å². The molecule has 0 saturated heterocycles. The summed E-state index contributed by atoms with van der Waals surface area (Å²) in [5.41, 5.74) is 0.793. The van der Waals surface area contributed by atoms with Crippen LogP contribution in [0.15, 0.2) is 48.5 Å². The lowest BCUT2D eigenvalue weighted by Gasteiger charge is -2.14. The maximum Gasteiger partial charge on any atom is 0.146 e. The zero-order valence-corrected chi connectivity index (χ0v) is 14.2. The van der Waals surface area contributed by atoms with Crippen LogP contribution >= 0.6 is 11.6 Å². The van der Waals surface area contributed by atoms with E-state index in [2.05, 4.69) is 0 Å². The van der Waals surface area contributed by atoms with Crippen molar-refractivity contribution >= 4 is 11.6 Å². The molecule has 0 aliphatic carbocycles. The molecular weight excluding hydrogens is 314 g/mol. The highest BCUT2D eigenvalue weighted by Crippen LogP contribution is 2.29. The summed E-state index contributed by atoms with van der Waals surface area (Å²) in [4.78, 5) is 2.03. The van der Waals surface area contributed by atoms with Crippen LogP contribution in [0.2, 0.25) is 5.02 Å². The van der Waals surface area contributed by atoms with E-state index in [1.54, 1.807) is 6.07 Å². The van der Waals surface area contributed by atoms with Crippen molar-refractivity contribution in [3.63, 3.8) is 0 Å². The Morgan fingerprint density at radius 1 is 1.09 bits per heavy atom. The van der Waals surface area contributed by atoms with Crippen molar-refractivity contribution in [2.45, 2.75) is 6.10 Å². The molecule has 124 valence electrons. The zero-order chi connectivity index (χ0) is 16.7. The number of nitrogens with zero attached hydrogens (tertiary/aromatic N) is 1. The lowest BCUT2D eigenvalue weighted by molar-refractivity contribution is 0.0306. The van der Waals surface area contributed by atoms with E-state index >= 15 is 0 Å². The third kappa shape index (κ3) is 5.84. The number of halogens is 1. The summed E-state index contributed by atoms with van der Waals surface area (Å²) >= 11 is 6.06. The lowest BCUT2D eigenvalue weighted by Crippen LogP contribution is -2.19. The minimum absolute atomic E-state index is 0.276. The minimum Gasteiger partial charge on any atom is -0.456 e. The van der Waals surface area contributed by atoms with Gasteiger partial charge in [0.05, 0.1) is 18.2 Å². The van der Waals surface area contributed by atoms with Crippen LogP contribution in [0.1, 0.15) is 11.7 Å². The van der Waals surface area contributed by atoms with Crippen LogP contribution in [-0.2, 0) is 4.74 Å². The Morgan fingerprint density at radius 2 is 1.78 bits per heavy atom. The van der Waals surface area contributed by atoms with E-state index in [9.17, 15) is 5.11 Å². The van der Waals surface area contributed by atoms with E-state index in [1.807, 2.05) is 61.5 Å². The first-order valence-electron chi connectivity index (χ1n) is 7.49. The van der Waals surface area contributed by atoms with Crippen LogP contribution < -0.4 is 4.74 Å². The van der Waals surface area contributed by atoms with Crippen molar-refractivity contribution in [2.24, 2.45) is 0 Å². The Kier molecular flexibility index (Phi) is 6.86. The maximum atomic E-state index is 10.1. The number of aliphatic hydroxyl groups excluding tert-OH is 1. The summed E-state index contributed by atoms with van der Waals surface area (Å²) < 4.78 is 11.2. The highest BCUT2D eigenvalue weighted by atomic mass is 35.5. The molecule has 4 nitrogen and oxygen atoms in total. The van der Waals surface area contributed by atoms with E-state index in [4.69, 9.17) is 21.1 Å². The quantitative estimate of drug-likeness (QED) is 0.746. The van der Waals surface area contributed by atoms with Gasteiger partial charge in [-0.1, -0.05) is 35.9 Å². The molecule has 2 aromatic rings. The van der Waals surface area contributed by atoms with E-state index in [-0.39, 0.29) is 6.61 Å². The largest absolute Gasteiger partial charge is 0.456 e.